The highest BCUT2D eigenvalue weighted by Gasteiger charge is 2.71. The van der Waals surface area contributed by atoms with E-state index in [0.29, 0.717) is 21.8 Å². The second-order valence-corrected chi connectivity index (χ2v) is 8.70. The molecule has 0 saturated carbocycles. The molecule has 2 amide bonds. The van der Waals surface area contributed by atoms with Gasteiger partial charge in [0.2, 0.25) is 11.8 Å². The summed E-state index contributed by atoms with van der Waals surface area (Å²) >= 11 is 6.12. The van der Waals surface area contributed by atoms with Crippen molar-refractivity contribution in [3.05, 3.63) is 100 Å². The van der Waals surface area contributed by atoms with Crippen molar-refractivity contribution in [1.82, 2.24) is 0 Å². The first-order valence-corrected chi connectivity index (χ1v) is 10.4. The smallest absolute Gasteiger partial charge is 0.319 e. The maximum absolute atomic E-state index is 13.8. The number of benzene rings is 3. The van der Waals surface area contributed by atoms with Gasteiger partial charge in [-0.3, -0.25) is 14.4 Å². The van der Waals surface area contributed by atoms with Crippen molar-refractivity contribution in [2.24, 2.45) is 11.8 Å². The molecule has 0 aromatic heterocycles. The van der Waals surface area contributed by atoms with E-state index < -0.39 is 29.1 Å². The molecular weight excluding hydrogens is 414 g/mol. The van der Waals surface area contributed by atoms with E-state index in [1.54, 1.807) is 48.5 Å². The summed E-state index contributed by atoms with van der Waals surface area (Å²) in [6.07, 6.45) is 0. The van der Waals surface area contributed by atoms with Crippen LogP contribution >= 0.6 is 11.6 Å². The van der Waals surface area contributed by atoms with Crippen molar-refractivity contribution >= 4 is 35.1 Å². The van der Waals surface area contributed by atoms with E-state index in [-0.39, 0.29) is 11.8 Å². The highest BCUT2D eigenvalue weighted by Crippen LogP contribution is 2.64. The van der Waals surface area contributed by atoms with Crippen LogP contribution in [0.1, 0.15) is 28.2 Å². The number of carboxylic acids is 1. The number of aliphatic carboxylic acids is 1. The van der Waals surface area contributed by atoms with Gasteiger partial charge in [-0.2, -0.15) is 0 Å². The first kappa shape index (κ1) is 18.3. The van der Waals surface area contributed by atoms with Gasteiger partial charge in [-0.15, -0.1) is 0 Å². The van der Waals surface area contributed by atoms with Gasteiger partial charge in [-0.05, 0) is 40.5 Å². The Hall–Kier alpha value is -3.44. The molecule has 5 nitrogen and oxygen atoms in total. The number of anilines is 1. The van der Waals surface area contributed by atoms with Gasteiger partial charge in [-0.1, -0.05) is 66.2 Å². The Balaban J connectivity index is 1.68. The van der Waals surface area contributed by atoms with Crippen molar-refractivity contribution in [2.75, 3.05) is 4.90 Å². The number of carboxylic acid groups (broad SMARTS) is 1. The molecule has 0 unspecified atom stereocenters. The van der Waals surface area contributed by atoms with Crippen LogP contribution in [0.2, 0.25) is 5.02 Å². The number of nitrogens with zero attached hydrogens (tertiary/aromatic N) is 1. The summed E-state index contributed by atoms with van der Waals surface area (Å²) in [5.74, 6) is -4.17. The summed E-state index contributed by atoms with van der Waals surface area (Å²) in [6, 6.07) is 21.1. The SMILES string of the molecule is O=C1[C@@H]2C3c4ccccc4C(C(=O)O)(c4ccccc43)[C@@H]2C(=O)N1c1cccc(Cl)c1. The third-order valence-electron chi connectivity index (χ3n) is 7.02. The molecule has 2 atom stereocenters. The van der Waals surface area contributed by atoms with Crippen molar-refractivity contribution in [3.8, 4) is 0 Å². The topological polar surface area (TPSA) is 74.7 Å². The van der Waals surface area contributed by atoms with Crippen molar-refractivity contribution in [3.63, 3.8) is 0 Å². The van der Waals surface area contributed by atoms with Crippen molar-refractivity contribution < 1.29 is 19.5 Å². The first-order chi connectivity index (χ1) is 15.0. The maximum atomic E-state index is 13.8. The zero-order valence-corrected chi connectivity index (χ0v) is 16.9. The number of rotatable bonds is 2. The fourth-order valence-electron chi connectivity index (χ4n) is 6.00. The van der Waals surface area contributed by atoms with Gasteiger partial charge in [0, 0.05) is 10.9 Å². The van der Waals surface area contributed by atoms with Crippen molar-refractivity contribution in [2.45, 2.75) is 11.3 Å². The number of imide groups is 1. The van der Waals surface area contributed by atoms with Gasteiger partial charge < -0.3 is 5.11 Å². The number of amides is 2. The predicted molar refractivity (Wildman–Crippen MR) is 114 cm³/mol. The Morgan fingerprint density at radius 2 is 1.48 bits per heavy atom. The van der Waals surface area contributed by atoms with Crippen LogP contribution in [0.5, 0.6) is 0 Å². The third-order valence-corrected chi connectivity index (χ3v) is 7.26. The van der Waals surface area contributed by atoms with Crippen LogP contribution in [0.25, 0.3) is 0 Å². The van der Waals surface area contributed by atoms with Crippen LogP contribution in [0.4, 0.5) is 5.69 Å². The lowest BCUT2D eigenvalue weighted by atomic mass is 9.47. The van der Waals surface area contributed by atoms with Crippen LogP contribution in [0.3, 0.4) is 0 Å². The summed E-state index contributed by atoms with van der Waals surface area (Å²) < 4.78 is 0. The standard InChI is InChI=1S/C25H16ClNO4/c26-13-6-5-7-14(12-13)27-22(28)20-19-15-8-1-3-10-17(15)25(24(30)31,21(20)23(27)29)18-11-4-2-9-16(18)19/h1-12,19-21H,(H,30,31)/t19?,20-,21+,25?/m1/s1. The average Bonchev–Trinajstić information content (AvgIpc) is 3.04. The molecule has 7 rings (SSSR count). The molecule has 0 radical (unpaired) electrons. The minimum atomic E-state index is -1.62. The fourth-order valence-corrected chi connectivity index (χ4v) is 6.19. The molecule has 1 heterocycles. The van der Waals surface area contributed by atoms with E-state index in [9.17, 15) is 19.5 Å². The lowest BCUT2D eigenvalue weighted by Gasteiger charge is -2.51. The van der Waals surface area contributed by atoms with Gasteiger partial charge in [0.25, 0.3) is 0 Å². The van der Waals surface area contributed by atoms with Crippen LogP contribution in [0.15, 0.2) is 72.8 Å². The van der Waals surface area contributed by atoms with Crippen LogP contribution in [-0.4, -0.2) is 22.9 Å². The Bertz CT molecular complexity index is 1270. The van der Waals surface area contributed by atoms with Gasteiger partial charge in [0.05, 0.1) is 17.5 Å². The molecule has 152 valence electrons. The van der Waals surface area contributed by atoms with E-state index in [1.165, 1.54) is 0 Å². The third kappa shape index (κ3) is 2.04. The Morgan fingerprint density at radius 1 is 0.871 bits per heavy atom. The van der Waals surface area contributed by atoms with Crippen LogP contribution in [0, 0.1) is 11.8 Å². The molecule has 2 bridgehead atoms. The molecule has 0 spiro atoms. The Kier molecular flexibility index (Phi) is 3.58. The average molecular weight is 430 g/mol. The largest absolute Gasteiger partial charge is 0.480 e. The van der Waals surface area contributed by atoms with Gasteiger partial charge >= 0.3 is 5.97 Å². The lowest BCUT2D eigenvalue weighted by Crippen LogP contribution is -2.57. The van der Waals surface area contributed by atoms with Gasteiger partial charge in [-0.25, -0.2) is 4.90 Å². The molecule has 3 aromatic carbocycles. The fraction of sp³-hybridized carbons (Fsp3) is 0.160. The Morgan fingerprint density at radius 3 is 2.06 bits per heavy atom. The summed E-state index contributed by atoms with van der Waals surface area (Å²) in [7, 11) is 0. The van der Waals surface area contributed by atoms with E-state index in [1.807, 2.05) is 24.3 Å². The minimum Gasteiger partial charge on any atom is -0.480 e. The summed E-state index contributed by atoms with van der Waals surface area (Å²) in [5, 5.41) is 11.1. The minimum absolute atomic E-state index is 0.366. The molecular formula is C25H16ClNO4. The van der Waals surface area contributed by atoms with E-state index in [2.05, 4.69) is 0 Å². The zero-order valence-electron chi connectivity index (χ0n) is 16.2. The summed E-state index contributed by atoms with van der Waals surface area (Å²) in [5.41, 5.74) is 1.55. The molecule has 4 aliphatic rings. The number of carbonyl (C=O) groups is 3. The molecule has 1 aliphatic heterocycles. The molecule has 1 saturated heterocycles. The molecule has 6 heteroatoms. The normalized spacial score (nSPS) is 27.6. The summed E-state index contributed by atoms with van der Waals surface area (Å²) in [4.78, 5) is 41.7. The zero-order chi connectivity index (χ0) is 21.5. The molecule has 31 heavy (non-hydrogen) atoms. The first-order valence-electron chi connectivity index (χ1n) is 10.0. The quantitative estimate of drug-likeness (QED) is 0.625. The van der Waals surface area contributed by atoms with E-state index in [4.69, 9.17) is 11.6 Å². The second kappa shape index (κ2) is 6.05. The van der Waals surface area contributed by atoms with E-state index >= 15 is 0 Å². The maximum Gasteiger partial charge on any atom is 0.319 e. The highest BCUT2D eigenvalue weighted by molar-refractivity contribution is 6.31. The second-order valence-electron chi connectivity index (χ2n) is 8.26. The van der Waals surface area contributed by atoms with E-state index in [0.717, 1.165) is 16.0 Å². The number of halogens is 1. The molecule has 3 aliphatic carbocycles. The number of hydrogen-bond donors (Lipinski definition) is 1. The number of carbonyl (C=O) groups excluding carboxylic acids is 2. The predicted octanol–water partition coefficient (Wildman–Crippen LogP) is 3.98. The van der Waals surface area contributed by atoms with Crippen LogP contribution in [-0.2, 0) is 19.8 Å². The molecule has 1 N–H and O–H groups in total. The summed E-state index contributed by atoms with van der Waals surface area (Å²) in [6.45, 7) is 0. The van der Waals surface area contributed by atoms with Crippen molar-refractivity contribution in [1.29, 1.82) is 0 Å². The number of hydrogen-bond acceptors (Lipinski definition) is 3. The molecule has 3 aromatic rings. The highest BCUT2D eigenvalue weighted by atomic mass is 35.5. The molecule has 1 fully saturated rings. The van der Waals surface area contributed by atoms with Crippen LogP contribution < -0.4 is 4.90 Å². The monoisotopic (exact) mass is 429 g/mol. The lowest BCUT2D eigenvalue weighted by molar-refractivity contribution is -0.149. The van der Waals surface area contributed by atoms with Gasteiger partial charge in [0.15, 0.2) is 0 Å². The van der Waals surface area contributed by atoms with Gasteiger partial charge in [0.1, 0.15) is 5.41 Å². The Labute approximate surface area is 182 Å².